The molecule has 1 aliphatic heterocycles. The van der Waals surface area contributed by atoms with E-state index in [2.05, 4.69) is 29.8 Å². The number of carbonyl (C=O) groups is 2. The highest BCUT2D eigenvalue weighted by atomic mass is 16.2. The van der Waals surface area contributed by atoms with Gasteiger partial charge in [0.05, 0.1) is 6.54 Å². The number of piperazine rings is 1. The fourth-order valence-corrected chi connectivity index (χ4v) is 1.56. The fraction of sp³-hybridized carbons (Fsp3) is 0.818. The van der Waals surface area contributed by atoms with Crippen LogP contribution in [0.4, 0.5) is 0 Å². The summed E-state index contributed by atoms with van der Waals surface area (Å²) in [6.45, 7) is 6.73. The Morgan fingerprint density at radius 3 is 2.56 bits per heavy atom. The topological polar surface area (TPSA) is 70.2 Å². The molecule has 92 valence electrons. The molecular weight excluding hydrogens is 206 g/mol. The molecule has 0 spiro atoms. The van der Waals surface area contributed by atoms with E-state index >= 15 is 0 Å². The van der Waals surface area contributed by atoms with Crippen LogP contribution < -0.4 is 16.0 Å². The molecule has 1 unspecified atom stereocenters. The molecule has 1 aliphatic rings. The molecule has 5 heteroatoms. The predicted octanol–water partition coefficient (Wildman–Crippen LogP) is -0.231. The Kier molecular flexibility index (Phi) is 4.29. The third-order valence-electron chi connectivity index (χ3n) is 3.31. The number of hydrogen-bond donors (Lipinski definition) is 3. The van der Waals surface area contributed by atoms with Crippen molar-refractivity contribution in [2.24, 2.45) is 0 Å². The molecule has 0 bridgehead atoms. The fourth-order valence-electron chi connectivity index (χ4n) is 1.56. The van der Waals surface area contributed by atoms with E-state index in [9.17, 15) is 9.59 Å². The molecule has 0 aromatic carbocycles. The standard InChI is InChI=1S/C11H21N3O2/c1-4-11(3,5-2)14-10(16)8-6-13-9(15)7-12-8/h8,12H,4-7H2,1-3H3,(H,13,15)(H,14,16). The molecule has 0 aliphatic carbocycles. The number of hydrogen-bond acceptors (Lipinski definition) is 3. The van der Waals surface area contributed by atoms with Crippen molar-refractivity contribution in [2.45, 2.75) is 45.2 Å². The van der Waals surface area contributed by atoms with Gasteiger partial charge < -0.3 is 10.6 Å². The molecule has 0 radical (unpaired) electrons. The quantitative estimate of drug-likeness (QED) is 0.621. The third kappa shape index (κ3) is 3.20. The molecule has 1 heterocycles. The minimum atomic E-state index is -0.310. The van der Waals surface area contributed by atoms with Crippen LogP contribution in [0.1, 0.15) is 33.6 Å². The van der Waals surface area contributed by atoms with Crippen molar-refractivity contribution in [1.29, 1.82) is 0 Å². The number of rotatable bonds is 4. The summed E-state index contributed by atoms with van der Waals surface area (Å²) >= 11 is 0. The highest BCUT2D eigenvalue weighted by Crippen LogP contribution is 2.13. The Bertz CT molecular complexity index is 264. The van der Waals surface area contributed by atoms with Crippen LogP contribution >= 0.6 is 0 Å². The number of nitrogens with one attached hydrogen (secondary N) is 3. The second-order valence-electron chi connectivity index (χ2n) is 4.49. The lowest BCUT2D eigenvalue weighted by Gasteiger charge is -2.32. The average molecular weight is 227 g/mol. The van der Waals surface area contributed by atoms with Crippen LogP contribution in [-0.2, 0) is 9.59 Å². The first-order valence-electron chi connectivity index (χ1n) is 5.83. The molecule has 0 aromatic rings. The summed E-state index contributed by atoms with van der Waals surface area (Å²) < 4.78 is 0. The first-order valence-corrected chi connectivity index (χ1v) is 5.83. The molecule has 0 aromatic heterocycles. The van der Waals surface area contributed by atoms with Gasteiger partial charge in [-0.25, -0.2) is 0 Å². The lowest BCUT2D eigenvalue weighted by atomic mass is 9.95. The minimum absolute atomic E-state index is 0.0359. The van der Waals surface area contributed by atoms with Gasteiger partial charge in [-0.1, -0.05) is 13.8 Å². The van der Waals surface area contributed by atoms with Gasteiger partial charge in [0.2, 0.25) is 11.8 Å². The Hall–Kier alpha value is -1.10. The second-order valence-corrected chi connectivity index (χ2v) is 4.49. The lowest BCUT2D eigenvalue weighted by molar-refractivity contribution is -0.127. The van der Waals surface area contributed by atoms with Crippen LogP contribution in [0.3, 0.4) is 0 Å². The van der Waals surface area contributed by atoms with Gasteiger partial charge in [-0.2, -0.15) is 0 Å². The van der Waals surface area contributed by atoms with Gasteiger partial charge in [0, 0.05) is 12.1 Å². The van der Waals surface area contributed by atoms with E-state index < -0.39 is 0 Å². The van der Waals surface area contributed by atoms with Crippen molar-refractivity contribution in [1.82, 2.24) is 16.0 Å². The molecule has 16 heavy (non-hydrogen) atoms. The summed E-state index contributed by atoms with van der Waals surface area (Å²) in [4.78, 5) is 22.8. The van der Waals surface area contributed by atoms with Crippen LogP contribution in [0.25, 0.3) is 0 Å². The normalized spacial score (nSPS) is 21.4. The zero-order valence-electron chi connectivity index (χ0n) is 10.2. The van der Waals surface area contributed by atoms with Crippen molar-refractivity contribution in [3.8, 4) is 0 Å². The van der Waals surface area contributed by atoms with E-state index in [0.717, 1.165) is 12.8 Å². The van der Waals surface area contributed by atoms with Gasteiger partial charge in [-0.3, -0.25) is 14.9 Å². The van der Waals surface area contributed by atoms with Gasteiger partial charge in [-0.15, -0.1) is 0 Å². The molecule has 2 amide bonds. The van der Waals surface area contributed by atoms with Crippen molar-refractivity contribution < 1.29 is 9.59 Å². The third-order valence-corrected chi connectivity index (χ3v) is 3.31. The van der Waals surface area contributed by atoms with E-state index in [0.29, 0.717) is 6.54 Å². The van der Waals surface area contributed by atoms with E-state index in [1.165, 1.54) is 0 Å². The second kappa shape index (κ2) is 5.30. The number of carbonyl (C=O) groups excluding carboxylic acids is 2. The van der Waals surface area contributed by atoms with Crippen molar-refractivity contribution in [3.05, 3.63) is 0 Å². The Labute approximate surface area is 96.4 Å². The van der Waals surface area contributed by atoms with Gasteiger partial charge in [0.25, 0.3) is 0 Å². The molecule has 1 saturated heterocycles. The smallest absolute Gasteiger partial charge is 0.239 e. The van der Waals surface area contributed by atoms with E-state index in [1.54, 1.807) is 0 Å². The SMILES string of the molecule is CCC(C)(CC)NC(=O)C1CNC(=O)CN1. The minimum Gasteiger partial charge on any atom is -0.353 e. The summed E-state index contributed by atoms with van der Waals surface area (Å²) in [6.07, 6.45) is 1.79. The van der Waals surface area contributed by atoms with Gasteiger partial charge in [0.1, 0.15) is 6.04 Å². The van der Waals surface area contributed by atoms with Crippen molar-refractivity contribution >= 4 is 11.8 Å². The zero-order valence-corrected chi connectivity index (χ0v) is 10.2. The van der Waals surface area contributed by atoms with Crippen LogP contribution in [0.2, 0.25) is 0 Å². The van der Waals surface area contributed by atoms with Crippen LogP contribution in [0.5, 0.6) is 0 Å². The van der Waals surface area contributed by atoms with E-state index in [-0.39, 0.29) is 29.9 Å². The summed E-state index contributed by atoms with van der Waals surface area (Å²) in [7, 11) is 0. The maximum atomic E-state index is 11.9. The summed E-state index contributed by atoms with van der Waals surface area (Å²) in [5, 5.41) is 8.61. The first-order chi connectivity index (χ1) is 7.50. The highest BCUT2D eigenvalue weighted by molar-refractivity contribution is 5.87. The molecule has 1 fully saturated rings. The average Bonchev–Trinajstić information content (AvgIpc) is 2.29. The largest absolute Gasteiger partial charge is 0.353 e. The van der Waals surface area contributed by atoms with Gasteiger partial charge in [0.15, 0.2) is 0 Å². The molecule has 5 nitrogen and oxygen atoms in total. The molecule has 0 saturated carbocycles. The number of amides is 2. The Balaban J connectivity index is 2.49. The predicted molar refractivity (Wildman–Crippen MR) is 61.9 cm³/mol. The lowest BCUT2D eigenvalue weighted by Crippen LogP contribution is -2.60. The Morgan fingerprint density at radius 2 is 2.12 bits per heavy atom. The summed E-state index contributed by atoms with van der Waals surface area (Å²) in [6, 6.07) is -0.310. The maximum absolute atomic E-state index is 11.9. The van der Waals surface area contributed by atoms with Gasteiger partial charge in [-0.05, 0) is 19.8 Å². The molecular formula is C11H21N3O2. The van der Waals surface area contributed by atoms with Crippen LogP contribution in [-0.4, -0.2) is 36.5 Å². The first kappa shape index (κ1) is 13.0. The zero-order chi connectivity index (χ0) is 12.2. The van der Waals surface area contributed by atoms with Crippen molar-refractivity contribution in [2.75, 3.05) is 13.1 Å². The van der Waals surface area contributed by atoms with Crippen LogP contribution in [0, 0.1) is 0 Å². The Morgan fingerprint density at radius 1 is 1.50 bits per heavy atom. The monoisotopic (exact) mass is 227 g/mol. The van der Waals surface area contributed by atoms with E-state index in [4.69, 9.17) is 0 Å². The highest BCUT2D eigenvalue weighted by Gasteiger charge is 2.28. The molecule has 1 rings (SSSR count). The summed E-state index contributed by atoms with van der Waals surface area (Å²) in [5.74, 6) is -0.0935. The molecule has 1 atom stereocenters. The van der Waals surface area contributed by atoms with Gasteiger partial charge >= 0.3 is 0 Å². The maximum Gasteiger partial charge on any atom is 0.239 e. The van der Waals surface area contributed by atoms with Crippen LogP contribution in [0.15, 0.2) is 0 Å². The summed E-state index contributed by atoms with van der Waals surface area (Å²) in [5.41, 5.74) is -0.153. The molecule has 3 N–H and O–H groups in total. The van der Waals surface area contributed by atoms with Crippen molar-refractivity contribution in [3.63, 3.8) is 0 Å². The van der Waals surface area contributed by atoms with E-state index in [1.807, 2.05) is 6.92 Å².